The van der Waals surface area contributed by atoms with Gasteiger partial charge in [-0.1, -0.05) is 0 Å². The summed E-state index contributed by atoms with van der Waals surface area (Å²) in [5.74, 6) is 0. The summed E-state index contributed by atoms with van der Waals surface area (Å²) < 4.78 is 5.10. The van der Waals surface area contributed by atoms with E-state index in [9.17, 15) is 0 Å². The van der Waals surface area contributed by atoms with Crippen LogP contribution in [0.1, 0.15) is 11.7 Å². The number of benzene rings is 1. The van der Waals surface area contributed by atoms with E-state index in [2.05, 4.69) is 14.3 Å². The minimum absolute atomic E-state index is 0. The molecule has 0 aliphatic carbocycles. The summed E-state index contributed by atoms with van der Waals surface area (Å²) in [6, 6.07) is 9.86. The Morgan fingerprint density at radius 1 is 1.33 bits per heavy atom. The topological polar surface area (TPSA) is 9.23 Å². The maximum absolute atomic E-state index is 5.10. The van der Waals surface area contributed by atoms with Crippen LogP contribution >= 0.6 is 8.70 Å². The van der Waals surface area contributed by atoms with Crippen LogP contribution in [-0.2, 0) is 4.74 Å². The van der Waals surface area contributed by atoms with Gasteiger partial charge in [-0.15, -0.1) is 0 Å². The molecule has 1 aromatic rings. The van der Waals surface area contributed by atoms with Gasteiger partial charge in [0.15, 0.2) is 0 Å². The summed E-state index contributed by atoms with van der Waals surface area (Å²) in [6.07, 6.45) is -0.125. The minimum atomic E-state index is -0.125. The van der Waals surface area contributed by atoms with E-state index in [1.54, 1.807) is 7.11 Å². The molecule has 0 fully saturated rings. The molecule has 0 spiro atoms. The third-order valence-electron chi connectivity index (χ3n) is 1.46. The number of hydrogen-bond donors (Lipinski definition) is 0. The standard InChI is InChI=1S/C9H9OP.Na.H/c1-10-9(7-11)8-5-3-2-4-6-8;;/h2-6,9H,1H3;;. The van der Waals surface area contributed by atoms with Crippen molar-refractivity contribution in [1.29, 1.82) is 0 Å². The molecule has 1 nitrogen and oxygen atoms in total. The average Bonchev–Trinajstić information content (AvgIpc) is 2.09. The molecule has 0 N–H and O–H groups in total. The van der Waals surface area contributed by atoms with E-state index in [1.807, 2.05) is 30.3 Å². The second-order valence-corrected chi connectivity index (χ2v) is 2.41. The van der Waals surface area contributed by atoms with Crippen molar-refractivity contribution in [3.63, 3.8) is 0 Å². The Bertz CT molecular complexity index is 255. The molecule has 0 aliphatic rings. The fraction of sp³-hybridized carbons (Fsp3) is 0.222. The third kappa shape index (κ3) is 3.41. The van der Waals surface area contributed by atoms with E-state index in [-0.39, 0.29) is 35.7 Å². The molecule has 1 rings (SSSR count). The van der Waals surface area contributed by atoms with Crippen LogP contribution in [0.3, 0.4) is 0 Å². The summed E-state index contributed by atoms with van der Waals surface area (Å²) in [4.78, 5) is 0. The van der Waals surface area contributed by atoms with Gasteiger partial charge in [-0.05, 0) is 0 Å². The van der Waals surface area contributed by atoms with Crippen molar-refractivity contribution < 1.29 is 4.74 Å². The fourth-order valence-corrected chi connectivity index (χ4v) is 1.15. The van der Waals surface area contributed by atoms with Crippen molar-refractivity contribution in [1.82, 2.24) is 0 Å². The van der Waals surface area contributed by atoms with Gasteiger partial charge >= 0.3 is 97.7 Å². The molecule has 0 amide bonds. The molecule has 58 valence electrons. The first kappa shape index (κ1) is 12.4. The van der Waals surface area contributed by atoms with Crippen molar-refractivity contribution in [2.45, 2.75) is 6.10 Å². The molecule has 0 saturated heterocycles. The second kappa shape index (κ2) is 6.86. The summed E-state index contributed by atoms with van der Waals surface area (Å²) in [7, 11) is 5.57. The van der Waals surface area contributed by atoms with E-state index in [1.165, 1.54) is 0 Å². The number of hydrogen-bond acceptors (Lipinski definition) is 1. The third-order valence-corrected chi connectivity index (χ3v) is 1.69. The Hall–Kier alpha value is 0.390. The predicted molar refractivity (Wildman–Crippen MR) is 54.1 cm³/mol. The number of methoxy groups -OCH3 is 1. The first-order valence-corrected chi connectivity index (χ1v) is 3.80. The normalized spacial score (nSPS) is 11.0. The zero-order valence-corrected chi connectivity index (χ0v) is 7.21. The van der Waals surface area contributed by atoms with Gasteiger partial charge in [-0.25, -0.2) is 0 Å². The van der Waals surface area contributed by atoms with Gasteiger partial charge in [0.2, 0.25) is 0 Å². The van der Waals surface area contributed by atoms with E-state index < -0.39 is 0 Å². The summed E-state index contributed by atoms with van der Waals surface area (Å²) >= 11 is 0. The van der Waals surface area contributed by atoms with Crippen LogP contribution in [0.2, 0.25) is 0 Å². The first-order chi connectivity index (χ1) is 5.38. The van der Waals surface area contributed by atoms with Crippen LogP contribution in [0.25, 0.3) is 0 Å². The molecule has 1 unspecified atom stereocenters. The van der Waals surface area contributed by atoms with Gasteiger partial charge in [-0.2, -0.15) is 0 Å². The summed E-state index contributed by atoms with van der Waals surface area (Å²) in [6.45, 7) is 0. The van der Waals surface area contributed by atoms with Crippen molar-refractivity contribution in [3.05, 3.63) is 35.9 Å². The van der Waals surface area contributed by atoms with Gasteiger partial charge in [0.25, 0.3) is 0 Å². The van der Waals surface area contributed by atoms with Gasteiger partial charge in [0.05, 0.1) is 0 Å². The van der Waals surface area contributed by atoms with Crippen LogP contribution < -0.4 is 0 Å². The molecule has 0 bridgehead atoms. The zero-order valence-electron chi connectivity index (χ0n) is 6.32. The molecule has 3 heteroatoms. The van der Waals surface area contributed by atoms with Crippen LogP contribution in [0.5, 0.6) is 0 Å². The number of ether oxygens (including phenoxy) is 1. The molecule has 0 aliphatic heterocycles. The second-order valence-electron chi connectivity index (χ2n) is 2.16. The summed E-state index contributed by atoms with van der Waals surface area (Å²) in [5.41, 5.74) is 3.81. The predicted octanol–water partition coefficient (Wildman–Crippen LogP) is 2.10. The Balaban J connectivity index is 0.00000121. The monoisotopic (exact) mass is 188 g/mol. The molecule has 12 heavy (non-hydrogen) atoms. The molecule has 0 saturated carbocycles. The van der Waals surface area contributed by atoms with Crippen LogP contribution in [0.4, 0.5) is 0 Å². The molecule has 1 atom stereocenters. The van der Waals surface area contributed by atoms with Crippen molar-refractivity contribution in [3.8, 4) is 5.63 Å². The summed E-state index contributed by atoms with van der Waals surface area (Å²) in [5, 5.41) is 0. The van der Waals surface area contributed by atoms with E-state index in [0.717, 1.165) is 5.56 Å². The molecule has 1 aromatic carbocycles. The Kier molecular flexibility index (Phi) is 7.08. The molecular weight excluding hydrogens is 178 g/mol. The van der Waals surface area contributed by atoms with Crippen LogP contribution in [-0.4, -0.2) is 36.7 Å². The molecule has 0 radical (unpaired) electrons. The molecule has 0 aromatic heterocycles. The first-order valence-electron chi connectivity index (χ1n) is 3.36. The Labute approximate surface area is 97.3 Å². The Morgan fingerprint density at radius 2 is 1.92 bits per heavy atom. The van der Waals surface area contributed by atoms with Crippen LogP contribution in [0.15, 0.2) is 30.3 Å². The van der Waals surface area contributed by atoms with Gasteiger partial charge < -0.3 is 0 Å². The van der Waals surface area contributed by atoms with Gasteiger partial charge in [0.1, 0.15) is 0 Å². The molecule has 0 heterocycles. The van der Waals surface area contributed by atoms with Gasteiger partial charge in [0, 0.05) is 0 Å². The van der Waals surface area contributed by atoms with Crippen molar-refractivity contribution in [2.75, 3.05) is 7.11 Å². The molecular formula is C9H10NaOP. The number of rotatable bonds is 2. The fourth-order valence-electron chi connectivity index (χ4n) is 0.891. The van der Waals surface area contributed by atoms with Crippen molar-refractivity contribution >= 4 is 38.3 Å². The maximum atomic E-state index is 5.10. The quantitative estimate of drug-likeness (QED) is 0.510. The SMILES string of the molecule is COC(C#P)c1ccccc1.[NaH]. The van der Waals surface area contributed by atoms with Gasteiger partial charge in [-0.3, -0.25) is 0 Å². The Morgan fingerprint density at radius 3 is 2.33 bits per heavy atom. The van der Waals surface area contributed by atoms with Crippen LogP contribution in [0, 0.1) is 5.63 Å². The van der Waals surface area contributed by atoms with E-state index >= 15 is 0 Å². The average molecular weight is 188 g/mol. The zero-order chi connectivity index (χ0) is 8.10. The van der Waals surface area contributed by atoms with E-state index in [4.69, 9.17) is 4.74 Å². The van der Waals surface area contributed by atoms with Crippen molar-refractivity contribution in [2.24, 2.45) is 0 Å². The van der Waals surface area contributed by atoms with E-state index in [0.29, 0.717) is 0 Å².